The monoisotopic (exact) mass is 258 g/mol. The zero-order chi connectivity index (χ0) is 13.9. The van der Waals surface area contributed by atoms with E-state index in [-0.39, 0.29) is 11.3 Å². The highest BCUT2D eigenvalue weighted by molar-refractivity contribution is 5.81. The van der Waals surface area contributed by atoms with Crippen molar-refractivity contribution in [2.45, 2.75) is 64.7 Å². The first-order valence-corrected chi connectivity index (χ1v) is 7.59. The van der Waals surface area contributed by atoms with Gasteiger partial charge in [0, 0.05) is 12.3 Å². The van der Waals surface area contributed by atoms with E-state index in [2.05, 4.69) is 45.0 Å². The van der Waals surface area contributed by atoms with Crippen molar-refractivity contribution in [2.24, 2.45) is 5.92 Å². The average molecular weight is 258 g/mol. The van der Waals surface area contributed by atoms with Gasteiger partial charge in [-0.2, -0.15) is 0 Å². The zero-order valence-electron chi connectivity index (χ0n) is 12.5. The van der Waals surface area contributed by atoms with Crippen LogP contribution < -0.4 is 0 Å². The molecule has 1 nitrogen and oxygen atoms in total. The van der Waals surface area contributed by atoms with Crippen molar-refractivity contribution in [3.63, 3.8) is 0 Å². The smallest absolute Gasteiger partial charge is 0.136 e. The van der Waals surface area contributed by atoms with E-state index in [1.807, 2.05) is 0 Å². The Balaban J connectivity index is 2.11. The minimum Gasteiger partial charge on any atom is -0.299 e. The molecule has 0 aliphatic heterocycles. The van der Waals surface area contributed by atoms with Gasteiger partial charge in [0.25, 0.3) is 0 Å². The van der Waals surface area contributed by atoms with Gasteiger partial charge in [-0.25, -0.2) is 0 Å². The molecule has 1 aliphatic carbocycles. The molecule has 0 bridgehead atoms. The van der Waals surface area contributed by atoms with Crippen LogP contribution in [0.3, 0.4) is 0 Å². The standard InChI is InChI=1S/C18H26O/c1-14-9-11-16(12-10-14)18(2,3)13-15-7-5-4-6-8-17(15)19/h9-12,15H,4-8,13H2,1-3H3. The summed E-state index contributed by atoms with van der Waals surface area (Å²) in [5, 5.41) is 0. The van der Waals surface area contributed by atoms with Crippen LogP contribution in [0.1, 0.15) is 63.5 Å². The Bertz CT molecular complexity index is 428. The molecule has 0 saturated heterocycles. The van der Waals surface area contributed by atoms with Gasteiger partial charge in [-0.05, 0) is 37.2 Å². The number of carbonyl (C=O) groups is 1. The minimum absolute atomic E-state index is 0.0956. The third-order valence-corrected chi connectivity index (χ3v) is 4.52. The first-order chi connectivity index (χ1) is 8.99. The molecule has 0 spiro atoms. The summed E-state index contributed by atoms with van der Waals surface area (Å²) in [6.45, 7) is 6.66. The normalized spacial score (nSPS) is 21.2. The van der Waals surface area contributed by atoms with Gasteiger partial charge in [-0.3, -0.25) is 4.79 Å². The van der Waals surface area contributed by atoms with E-state index in [9.17, 15) is 4.79 Å². The van der Waals surface area contributed by atoms with E-state index in [1.165, 1.54) is 24.0 Å². The highest BCUT2D eigenvalue weighted by Crippen LogP contribution is 2.34. The summed E-state index contributed by atoms with van der Waals surface area (Å²) in [7, 11) is 0. The van der Waals surface area contributed by atoms with Crippen LogP contribution in [0, 0.1) is 12.8 Å². The molecule has 0 amide bonds. The molecule has 1 unspecified atom stereocenters. The summed E-state index contributed by atoms with van der Waals surface area (Å²) in [5.74, 6) is 0.775. The molecule has 104 valence electrons. The third kappa shape index (κ3) is 3.68. The number of hydrogen-bond donors (Lipinski definition) is 0. The van der Waals surface area contributed by atoms with Crippen LogP contribution >= 0.6 is 0 Å². The minimum atomic E-state index is 0.0956. The lowest BCUT2D eigenvalue weighted by atomic mass is 9.75. The second-order valence-electron chi connectivity index (χ2n) is 6.72. The number of aryl methyl sites for hydroxylation is 1. The average Bonchev–Trinajstić information content (AvgIpc) is 2.55. The van der Waals surface area contributed by atoms with Crippen molar-refractivity contribution in [2.75, 3.05) is 0 Å². The fourth-order valence-corrected chi connectivity index (χ4v) is 3.19. The molecule has 1 saturated carbocycles. The van der Waals surface area contributed by atoms with Crippen molar-refractivity contribution >= 4 is 5.78 Å². The van der Waals surface area contributed by atoms with Crippen LogP contribution in [-0.4, -0.2) is 5.78 Å². The van der Waals surface area contributed by atoms with Crippen LogP contribution in [0.5, 0.6) is 0 Å². The molecule has 1 aromatic carbocycles. The molecular formula is C18H26O. The predicted molar refractivity (Wildman–Crippen MR) is 80.4 cm³/mol. The summed E-state index contributed by atoms with van der Waals surface area (Å²) in [5.41, 5.74) is 2.75. The first-order valence-electron chi connectivity index (χ1n) is 7.59. The van der Waals surface area contributed by atoms with Crippen molar-refractivity contribution in [1.82, 2.24) is 0 Å². The van der Waals surface area contributed by atoms with E-state index in [0.29, 0.717) is 5.78 Å². The highest BCUT2D eigenvalue weighted by Gasteiger charge is 2.29. The lowest BCUT2D eigenvalue weighted by Crippen LogP contribution is -2.25. The maximum atomic E-state index is 12.2. The maximum Gasteiger partial charge on any atom is 0.136 e. The number of ketones is 1. The molecule has 1 heteroatoms. The molecule has 0 heterocycles. The predicted octanol–water partition coefficient (Wildman–Crippen LogP) is 4.81. The lowest BCUT2D eigenvalue weighted by Gasteiger charge is -2.29. The summed E-state index contributed by atoms with van der Waals surface area (Å²) in [6.07, 6.45) is 6.44. The summed E-state index contributed by atoms with van der Waals surface area (Å²) < 4.78 is 0. The van der Waals surface area contributed by atoms with Gasteiger partial charge in [-0.1, -0.05) is 56.5 Å². The number of carbonyl (C=O) groups excluding carboxylic acids is 1. The van der Waals surface area contributed by atoms with E-state index in [1.54, 1.807) is 0 Å². The Morgan fingerprint density at radius 1 is 1.11 bits per heavy atom. The SMILES string of the molecule is Cc1ccc(C(C)(C)CC2CCCCCC2=O)cc1. The number of rotatable bonds is 3. The second-order valence-corrected chi connectivity index (χ2v) is 6.72. The Morgan fingerprint density at radius 2 is 1.79 bits per heavy atom. The molecule has 19 heavy (non-hydrogen) atoms. The van der Waals surface area contributed by atoms with E-state index in [4.69, 9.17) is 0 Å². The summed E-state index contributed by atoms with van der Waals surface area (Å²) >= 11 is 0. The van der Waals surface area contributed by atoms with Gasteiger partial charge < -0.3 is 0 Å². The molecule has 0 aromatic heterocycles. The Kier molecular flexibility index (Phi) is 4.44. The third-order valence-electron chi connectivity index (χ3n) is 4.52. The maximum absolute atomic E-state index is 12.2. The van der Waals surface area contributed by atoms with Crippen molar-refractivity contribution < 1.29 is 4.79 Å². The molecule has 0 N–H and O–H groups in total. The van der Waals surface area contributed by atoms with Crippen LogP contribution in [-0.2, 0) is 10.2 Å². The van der Waals surface area contributed by atoms with E-state index < -0.39 is 0 Å². The quantitative estimate of drug-likeness (QED) is 0.711. The largest absolute Gasteiger partial charge is 0.299 e. The van der Waals surface area contributed by atoms with Crippen LogP contribution in [0.25, 0.3) is 0 Å². The number of Topliss-reactive ketones (excluding diaryl/α,β-unsaturated/α-hetero) is 1. The molecule has 1 aromatic rings. The highest BCUT2D eigenvalue weighted by atomic mass is 16.1. The van der Waals surface area contributed by atoms with E-state index >= 15 is 0 Å². The molecule has 0 radical (unpaired) electrons. The fraction of sp³-hybridized carbons (Fsp3) is 0.611. The van der Waals surface area contributed by atoms with Gasteiger partial charge in [0.2, 0.25) is 0 Å². The summed E-state index contributed by atoms with van der Waals surface area (Å²) in [6, 6.07) is 8.78. The van der Waals surface area contributed by atoms with Gasteiger partial charge in [0.05, 0.1) is 0 Å². The van der Waals surface area contributed by atoms with Crippen LogP contribution in [0.15, 0.2) is 24.3 Å². The topological polar surface area (TPSA) is 17.1 Å². The van der Waals surface area contributed by atoms with Gasteiger partial charge in [0.15, 0.2) is 0 Å². The molecule has 1 atom stereocenters. The van der Waals surface area contributed by atoms with Gasteiger partial charge in [0.1, 0.15) is 5.78 Å². The zero-order valence-corrected chi connectivity index (χ0v) is 12.5. The van der Waals surface area contributed by atoms with Gasteiger partial charge in [-0.15, -0.1) is 0 Å². The van der Waals surface area contributed by atoms with Crippen molar-refractivity contribution in [1.29, 1.82) is 0 Å². The number of hydrogen-bond acceptors (Lipinski definition) is 1. The second kappa shape index (κ2) is 5.90. The Hall–Kier alpha value is -1.11. The number of benzene rings is 1. The fourth-order valence-electron chi connectivity index (χ4n) is 3.19. The molecule has 1 fully saturated rings. The molecule has 1 aliphatic rings. The first kappa shape index (κ1) is 14.3. The van der Waals surface area contributed by atoms with E-state index in [0.717, 1.165) is 25.7 Å². The molecular weight excluding hydrogens is 232 g/mol. The molecule has 2 rings (SSSR count). The Morgan fingerprint density at radius 3 is 2.47 bits per heavy atom. The van der Waals surface area contributed by atoms with Crippen molar-refractivity contribution in [3.8, 4) is 0 Å². The van der Waals surface area contributed by atoms with Crippen LogP contribution in [0.2, 0.25) is 0 Å². The van der Waals surface area contributed by atoms with Crippen molar-refractivity contribution in [3.05, 3.63) is 35.4 Å². The van der Waals surface area contributed by atoms with Crippen LogP contribution in [0.4, 0.5) is 0 Å². The summed E-state index contributed by atoms with van der Waals surface area (Å²) in [4.78, 5) is 12.2. The lowest BCUT2D eigenvalue weighted by molar-refractivity contribution is -0.123. The van der Waals surface area contributed by atoms with Gasteiger partial charge >= 0.3 is 0 Å². The Labute approximate surface area is 117 Å².